The molecule has 2 N–H and O–H groups in total. The Hall–Kier alpha value is -4.74. The van der Waals surface area contributed by atoms with Crippen LogP contribution in [-0.4, -0.2) is 143 Å². The number of ether oxygens (including phenoxy) is 2. The molecule has 0 radical (unpaired) electrons. The van der Waals surface area contributed by atoms with Gasteiger partial charge in [0.2, 0.25) is 5.91 Å². The van der Waals surface area contributed by atoms with E-state index in [-0.39, 0.29) is 42.5 Å². The molecular weight excluding hydrogens is 831 g/mol. The highest BCUT2D eigenvalue weighted by Gasteiger charge is 2.42. The first-order valence-corrected chi connectivity index (χ1v) is 23.6. The Morgan fingerprint density at radius 1 is 1.16 bits per heavy atom. The van der Waals surface area contributed by atoms with Gasteiger partial charge in [-0.2, -0.15) is 0 Å². The number of nitrogens with one attached hydrogen (secondary N) is 2. The molecule has 15 nitrogen and oxygen atoms in total. The molecule has 6 bridgehead atoms. The molecule has 2 saturated heterocycles. The summed E-state index contributed by atoms with van der Waals surface area (Å²) in [6, 6.07) is 8.65. The topological polar surface area (TPSA) is 154 Å². The first-order chi connectivity index (χ1) is 30.5. The minimum atomic E-state index is -1.16. The number of aromatic nitrogens is 3. The van der Waals surface area contributed by atoms with Gasteiger partial charge in [0, 0.05) is 86.9 Å². The van der Waals surface area contributed by atoms with Crippen LogP contribution < -0.4 is 10.7 Å². The number of urea groups is 1. The van der Waals surface area contributed by atoms with Gasteiger partial charge < -0.3 is 38.9 Å². The lowest BCUT2D eigenvalue weighted by Gasteiger charge is -2.42. The van der Waals surface area contributed by atoms with E-state index in [0.717, 1.165) is 70.5 Å². The molecule has 64 heavy (non-hydrogen) atoms. The van der Waals surface area contributed by atoms with Crippen molar-refractivity contribution in [3.63, 3.8) is 0 Å². The van der Waals surface area contributed by atoms with Gasteiger partial charge in [-0.3, -0.25) is 19.6 Å². The molecule has 3 aliphatic rings. The van der Waals surface area contributed by atoms with Gasteiger partial charge in [-0.25, -0.2) is 15.2 Å². The molecule has 1 aromatic carbocycles. The molecule has 4 aromatic rings. The second-order valence-electron chi connectivity index (χ2n) is 19.2. The van der Waals surface area contributed by atoms with Gasteiger partial charge in [-0.15, -0.1) is 11.3 Å². The van der Waals surface area contributed by atoms with E-state index in [0.29, 0.717) is 44.0 Å². The van der Waals surface area contributed by atoms with Crippen LogP contribution in [0.4, 0.5) is 4.79 Å². The zero-order chi connectivity index (χ0) is 46.1. The monoisotopic (exact) mass is 897 g/mol. The molecule has 2 fully saturated rings. The molecule has 3 aromatic heterocycles. The van der Waals surface area contributed by atoms with E-state index in [1.54, 1.807) is 26.1 Å². The van der Waals surface area contributed by atoms with Gasteiger partial charge in [0.1, 0.15) is 23.9 Å². The van der Waals surface area contributed by atoms with Crippen molar-refractivity contribution in [3.05, 3.63) is 58.2 Å². The molecule has 346 valence electrons. The number of nitrogens with zero attached hydrogens (tertiary/aromatic N) is 7. The normalized spacial score (nSPS) is 22.7. The third-order valence-corrected chi connectivity index (χ3v) is 14.3. The number of carbonyl (C=O) groups excluding carboxylic acids is 4. The van der Waals surface area contributed by atoms with E-state index in [1.165, 1.54) is 21.2 Å². The van der Waals surface area contributed by atoms with Gasteiger partial charge in [0.25, 0.3) is 5.91 Å². The molecule has 4 amide bonds. The maximum absolute atomic E-state index is 14.7. The standard InChI is InChI=1S/C48H67N9O6S/c1-11-56-39-16-15-32-22-35(39)36(43(56)34-14-12-19-49-41(34)31(4)62-10)24-47(5,6)28-63-29-48(27-58)18-13-20-57(52-48)45(60)37(23-40-50-38(32)26-64-40)51-44(59)42(30(2)3)55(9)46(61)54(8)25-33-17-21-53(33)7/h12,14-16,19,22,26-27,30-31,33,37,42,52H,11,13,17-18,20-21,23-25,28-29H2,1-10H3,(H,51,59)/t31-,33+,37-,42-,48-/m0/s1. The summed E-state index contributed by atoms with van der Waals surface area (Å²) in [7, 11) is 7.15. The highest BCUT2D eigenvalue weighted by molar-refractivity contribution is 7.10. The summed E-state index contributed by atoms with van der Waals surface area (Å²) in [6.45, 7) is 15.3. The molecule has 5 atom stereocenters. The third kappa shape index (κ3) is 9.62. The van der Waals surface area contributed by atoms with Crippen LogP contribution in [0.1, 0.15) is 83.2 Å². The van der Waals surface area contributed by atoms with Crippen LogP contribution in [0, 0.1) is 11.3 Å². The van der Waals surface area contributed by atoms with Crippen LogP contribution in [0.15, 0.2) is 41.9 Å². The Kier molecular flexibility index (Phi) is 14.3. The highest BCUT2D eigenvalue weighted by atomic mass is 32.1. The Bertz CT molecular complexity index is 2340. The Morgan fingerprint density at radius 3 is 2.61 bits per heavy atom. The van der Waals surface area contributed by atoms with Crippen LogP contribution in [0.25, 0.3) is 33.4 Å². The smallest absolute Gasteiger partial charge is 0.320 e. The number of likely N-dealkylation sites (N-methyl/N-ethyl adjacent to an activating group) is 3. The molecule has 0 saturated carbocycles. The second kappa shape index (κ2) is 19.4. The Balaban J connectivity index is 1.28. The average Bonchev–Trinajstić information content (AvgIpc) is 3.87. The highest BCUT2D eigenvalue weighted by Crippen LogP contribution is 2.42. The fourth-order valence-corrected chi connectivity index (χ4v) is 10.5. The molecule has 16 heteroatoms. The lowest BCUT2D eigenvalue weighted by Crippen LogP contribution is -2.66. The van der Waals surface area contributed by atoms with E-state index in [1.807, 2.05) is 45.5 Å². The number of thiazole rings is 1. The summed E-state index contributed by atoms with van der Waals surface area (Å²) in [5, 5.41) is 8.28. The zero-order valence-corrected chi connectivity index (χ0v) is 40.1. The lowest BCUT2D eigenvalue weighted by atomic mass is 9.84. The molecule has 0 spiro atoms. The van der Waals surface area contributed by atoms with Crippen LogP contribution in [0.5, 0.6) is 0 Å². The number of hydrazine groups is 1. The van der Waals surface area contributed by atoms with Crippen LogP contribution in [0.2, 0.25) is 0 Å². The van der Waals surface area contributed by atoms with Gasteiger partial charge in [-0.05, 0) is 94.3 Å². The van der Waals surface area contributed by atoms with Crippen molar-refractivity contribution >= 4 is 46.4 Å². The number of fused-ring (bicyclic) bond motifs is 6. The number of aryl methyl sites for hydroxylation is 1. The number of benzene rings is 1. The average molecular weight is 898 g/mol. The van der Waals surface area contributed by atoms with Crippen molar-refractivity contribution in [2.75, 3.05) is 61.1 Å². The first-order valence-electron chi connectivity index (χ1n) is 22.7. The fourth-order valence-electron chi connectivity index (χ4n) is 9.68. The summed E-state index contributed by atoms with van der Waals surface area (Å²) < 4.78 is 14.7. The minimum absolute atomic E-state index is 0.0505. The minimum Gasteiger partial charge on any atom is -0.378 e. The predicted octanol–water partition coefficient (Wildman–Crippen LogP) is 5.96. The number of carbonyl (C=O) groups is 4. The summed E-state index contributed by atoms with van der Waals surface area (Å²) in [6.07, 6.45) is 5.22. The van der Waals surface area contributed by atoms with E-state index in [2.05, 4.69) is 65.2 Å². The maximum Gasteiger partial charge on any atom is 0.320 e. The second-order valence-corrected chi connectivity index (χ2v) is 20.2. The number of aldehydes is 1. The largest absolute Gasteiger partial charge is 0.378 e. The number of methoxy groups -OCH3 is 1. The first kappa shape index (κ1) is 47.2. The third-order valence-electron chi connectivity index (χ3n) is 13.4. The number of hydrogen-bond acceptors (Lipinski definition) is 11. The summed E-state index contributed by atoms with van der Waals surface area (Å²) in [5.41, 5.74) is 8.58. The molecule has 0 aliphatic carbocycles. The number of pyridine rings is 1. The van der Waals surface area contributed by atoms with Crippen LogP contribution >= 0.6 is 11.3 Å². The van der Waals surface area contributed by atoms with Gasteiger partial charge in [0.05, 0.1) is 41.4 Å². The van der Waals surface area contributed by atoms with Crippen LogP contribution in [-0.2, 0) is 43.2 Å². The van der Waals surface area contributed by atoms with Gasteiger partial charge in [-0.1, -0.05) is 33.8 Å². The Morgan fingerprint density at radius 2 is 1.94 bits per heavy atom. The zero-order valence-electron chi connectivity index (χ0n) is 39.3. The van der Waals surface area contributed by atoms with E-state index >= 15 is 0 Å². The van der Waals surface area contributed by atoms with Gasteiger partial charge in [0.15, 0.2) is 0 Å². The summed E-state index contributed by atoms with van der Waals surface area (Å²) in [5.74, 6) is -1.09. The SMILES string of the molecule is CCn1c(-c2cccnc2[C@H](C)OC)c2c3cc(ccc31)-c1csc(n1)C[C@H](NC(=O)[C@H](C(C)C)N(C)C(=O)N(C)C[C@H]1CCN1C)C(=O)N1CCC[C@](C=O)(COCC(C)(C)C2)N1. The lowest BCUT2D eigenvalue weighted by molar-refractivity contribution is -0.147. The van der Waals surface area contributed by atoms with Crippen molar-refractivity contribution in [1.82, 2.24) is 45.0 Å². The molecule has 7 rings (SSSR count). The molecular formula is C48H67N9O6S. The molecule has 3 aliphatic heterocycles. The summed E-state index contributed by atoms with van der Waals surface area (Å²) >= 11 is 1.43. The quantitative estimate of drug-likeness (QED) is 0.173. The molecule has 0 unspecified atom stereocenters. The van der Waals surface area contributed by atoms with Crippen molar-refractivity contribution in [3.8, 4) is 22.5 Å². The van der Waals surface area contributed by atoms with Crippen molar-refractivity contribution in [2.24, 2.45) is 11.3 Å². The maximum atomic E-state index is 14.7. The van der Waals surface area contributed by atoms with E-state index in [4.69, 9.17) is 19.4 Å². The number of rotatable bonds is 11. The fraction of sp³-hybridized carbons (Fsp3) is 0.583. The van der Waals surface area contributed by atoms with Gasteiger partial charge >= 0.3 is 6.03 Å². The van der Waals surface area contributed by atoms with Crippen molar-refractivity contribution in [2.45, 2.75) is 110 Å². The predicted molar refractivity (Wildman–Crippen MR) is 250 cm³/mol. The van der Waals surface area contributed by atoms with Crippen molar-refractivity contribution < 1.29 is 28.7 Å². The summed E-state index contributed by atoms with van der Waals surface area (Å²) in [4.78, 5) is 71.3. The van der Waals surface area contributed by atoms with Crippen LogP contribution in [0.3, 0.4) is 0 Å². The number of hydrogen-bond donors (Lipinski definition) is 2. The number of likely N-dealkylation sites (tertiary alicyclic amines) is 1. The Labute approximate surface area is 381 Å². The van der Waals surface area contributed by atoms with Crippen molar-refractivity contribution in [1.29, 1.82) is 0 Å². The van der Waals surface area contributed by atoms with E-state index < -0.39 is 29.4 Å². The number of amides is 4. The van der Waals surface area contributed by atoms with E-state index in [9.17, 15) is 19.2 Å². The molecule has 6 heterocycles.